The minimum atomic E-state index is -4.15. The molecule has 0 aromatic heterocycles. The number of rotatable bonds is 4. The van der Waals surface area contributed by atoms with E-state index >= 15 is 0 Å². The van der Waals surface area contributed by atoms with Crippen molar-refractivity contribution in [2.45, 2.75) is 0 Å². The summed E-state index contributed by atoms with van der Waals surface area (Å²) in [5, 5.41) is 0. The van der Waals surface area contributed by atoms with Gasteiger partial charge in [0, 0.05) is 0 Å². The molecule has 0 spiro atoms. The Hall–Kier alpha value is -3.33. The second-order valence-corrected chi connectivity index (χ2v) is 8.17. The average molecular weight is 384 g/mol. The first-order valence-electron chi connectivity index (χ1n) is 7.91. The number of sulfone groups is 1. The molecule has 0 bridgehead atoms. The maximum absolute atomic E-state index is 12.5. The highest BCUT2D eigenvalue weighted by molar-refractivity contribution is 7.91. The molecule has 4 rings (SSSR count). The van der Waals surface area contributed by atoms with E-state index in [0.717, 1.165) is 0 Å². The molecule has 2 aromatic rings. The van der Waals surface area contributed by atoms with Crippen molar-refractivity contribution >= 4 is 33.5 Å². The molecule has 0 aliphatic carbocycles. The smallest absolute Gasteiger partial charge is 0.262 e. The van der Waals surface area contributed by atoms with Crippen LogP contribution in [0, 0.1) is 0 Å². The van der Waals surface area contributed by atoms with E-state index in [2.05, 4.69) is 0 Å². The van der Waals surface area contributed by atoms with Gasteiger partial charge in [-0.25, -0.2) is 8.42 Å². The van der Waals surface area contributed by atoms with E-state index < -0.39 is 45.2 Å². The van der Waals surface area contributed by atoms with E-state index in [1.165, 1.54) is 24.3 Å². The summed E-state index contributed by atoms with van der Waals surface area (Å²) in [5.41, 5.74) is 0.494. The molecule has 2 aliphatic rings. The SMILES string of the molecule is O=C1c2ccccc2C(=O)N1CS(=O)(=O)CN1C(=O)c2ccccc2C1=O. The molecule has 2 aromatic carbocycles. The van der Waals surface area contributed by atoms with Crippen LogP contribution in [0.5, 0.6) is 0 Å². The van der Waals surface area contributed by atoms with Gasteiger partial charge in [-0.1, -0.05) is 24.3 Å². The molecule has 136 valence electrons. The van der Waals surface area contributed by atoms with Crippen LogP contribution in [0.4, 0.5) is 0 Å². The topological polar surface area (TPSA) is 109 Å². The van der Waals surface area contributed by atoms with Gasteiger partial charge in [0.1, 0.15) is 11.8 Å². The molecule has 9 heteroatoms. The molecule has 0 saturated carbocycles. The van der Waals surface area contributed by atoms with Crippen LogP contribution in [0.15, 0.2) is 48.5 Å². The van der Waals surface area contributed by atoms with Gasteiger partial charge >= 0.3 is 0 Å². The zero-order chi connectivity index (χ0) is 19.3. The highest BCUT2D eigenvalue weighted by atomic mass is 32.2. The van der Waals surface area contributed by atoms with Gasteiger partial charge in [-0.2, -0.15) is 0 Å². The number of imide groups is 2. The number of amides is 4. The molecule has 0 radical (unpaired) electrons. The minimum Gasteiger partial charge on any atom is -0.269 e. The molecule has 0 N–H and O–H groups in total. The number of hydrogen-bond donors (Lipinski definition) is 0. The number of carbonyl (C=O) groups excluding carboxylic acids is 4. The van der Waals surface area contributed by atoms with Crippen molar-refractivity contribution < 1.29 is 27.6 Å². The molecular formula is C18H12N2O6S. The van der Waals surface area contributed by atoms with Crippen LogP contribution in [-0.4, -0.2) is 53.6 Å². The predicted octanol–water partition coefficient (Wildman–Crippen LogP) is 0.909. The van der Waals surface area contributed by atoms with Gasteiger partial charge in [0.15, 0.2) is 9.84 Å². The van der Waals surface area contributed by atoms with Gasteiger partial charge in [0.25, 0.3) is 23.6 Å². The first kappa shape index (κ1) is 17.1. The van der Waals surface area contributed by atoms with Crippen molar-refractivity contribution in [2.75, 3.05) is 11.8 Å². The van der Waals surface area contributed by atoms with Crippen molar-refractivity contribution in [1.29, 1.82) is 0 Å². The molecule has 2 heterocycles. The standard InChI is InChI=1S/C18H12N2O6S/c21-15-11-5-1-2-6-12(11)16(22)19(15)9-27(25,26)10-20-17(23)13-7-3-4-8-14(13)18(20)24/h1-8H,9-10H2. The third kappa shape index (κ3) is 2.63. The molecule has 27 heavy (non-hydrogen) atoms. The fraction of sp³-hybridized carbons (Fsp3) is 0.111. The molecule has 0 atom stereocenters. The second kappa shape index (κ2) is 5.85. The van der Waals surface area contributed by atoms with Crippen molar-refractivity contribution in [3.8, 4) is 0 Å². The quantitative estimate of drug-likeness (QED) is 0.725. The van der Waals surface area contributed by atoms with Crippen LogP contribution in [0.25, 0.3) is 0 Å². The van der Waals surface area contributed by atoms with Gasteiger partial charge in [-0.05, 0) is 24.3 Å². The number of nitrogens with zero attached hydrogens (tertiary/aromatic N) is 2. The average Bonchev–Trinajstić information content (AvgIpc) is 3.03. The Balaban J connectivity index is 1.56. The Morgan fingerprint density at radius 3 is 1.07 bits per heavy atom. The van der Waals surface area contributed by atoms with Crippen LogP contribution in [-0.2, 0) is 9.84 Å². The largest absolute Gasteiger partial charge is 0.269 e. The highest BCUT2D eigenvalue weighted by Crippen LogP contribution is 2.25. The number of fused-ring (bicyclic) bond motifs is 2. The van der Waals surface area contributed by atoms with Crippen molar-refractivity contribution in [1.82, 2.24) is 9.80 Å². The van der Waals surface area contributed by atoms with Crippen molar-refractivity contribution in [2.24, 2.45) is 0 Å². The van der Waals surface area contributed by atoms with E-state index in [1.807, 2.05) is 0 Å². The van der Waals surface area contributed by atoms with E-state index in [0.29, 0.717) is 9.80 Å². The Morgan fingerprint density at radius 2 is 0.815 bits per heavy atom. The fourth-order valence-corrected chi connectivity index (χ4v) is 4.48. The van der Waals surface area contributed by atoms with Crippen molar-refractivity contribution in [3.63, 3.8) is 0 Å². The first-order chi connectivity index (χ1) is 12.8. The lowest BCUT2D eigenvalue weighted by atomic mass is 10.1. The van der Waals surface area contributed by atoms with Gasteiger partial charge in [-0.3, -0.25) is 29.0 Å². The number of hydrogen-bond acceptors (Lipinski definition) is 6. The van der Waals surface area contributed by atoms with Gasteiger partial charge in [-0.15, -0.1) is 0 Å². The lowest BCUT2D eigenvalue weighted by Gasteiger charge is -2.18. The maximum atomic E-state index is 12.5. The van der Waals surface area contributed by atoms with Crippen LogP contribution >= 0.6 is 0 Å². The third-order valence-corrected chi connectivity index (χ3v) is 5.71. The summed E-state index contributed by atoms with van der Waals surface area (Å²) in [5.74, 6) is -4.70. The Labute approximate surface area is 153 Å². The fourth-order valence-electron chi connectivity index (χ4n) is 3.15. The van der Waals surface area contributed by atoms with E-state index in [4.69, 9.17) is 0 Å². The molecular weight excluding hydrogens is 372 g/mol. The van der Waals surface area contributed by atoms with Crippen LogP contribution in [0.1, 0.15) is 41.4 Å². The van der Waals surface area contributed by atoms with Crippen LogP contribution in [0.3, 0.4) is 0 Å². The molecule has 0 fully saturated rings. The Morgan fingerprint density at radius 1 is 0.556 bits per heavy atom. The summed E-state index contributed by atoms with van der Waals surface area (Å²) < 4.78 is 25.1. The third-order valence-electron chi connectivity index (χ3n) is 4.41. The summed E-state index contributed by atoms with van der Waals surface area (Å²) in [6, 6.07) is 12.0. The normalized spacial score (nSPS) is 16.1. The molecule has 0 unspecified atom stereocenters. The van der Waals surface area contributed by atoms with Crippen LogP contribution in [0.2, 0.25) is 0 Å². The summed E-state index contributed by atoms with van der Waals surface area (Å²) in [4.78, 5) is 50.5. The lowest BCUT2D eigenvalue weighted by Crippen LogP contribution is -2.41. The first-order valence-corrected chi connectivity index (χ1v) is 9.73. The predicted molar refractivity (Wildman–Crippen MR) is 92.5 cm³/mol. The van der Waals surface area contributed by atoms with E-state index in [9.17, 15) is 27.6 Å². The van der Waals surface area contributed by atoms with E-state index in [-0.39, 0.29) is 22.3 Å². The summed E-state index contributed by atoms with van der Waals surface area (Å²) >= 11 is 0. The number of carbonyl (C=O) groups is 4. The lowest BCUT2D eigenvalue weighted by molar-refractivity contribution is 0.0678. The summed E-state index contributed by atoms with van der Waals surface area (Å²) in [6.07, 6.45) is 0. The maximum Gasteiger partial charge on any atom is 0.262 e. The summed E-state index contributed by atoms with van der Waals surface area (Å²) in [6.45, 7) is 0. The summed E-state index contributed by atoms with van der Waals surface area (Å²) in [7, 11) is -4.15. The van der Waals surface area contributed by atoms with Gasteiger partial charge < -0.3 is 0 Å². The Bertz CT molecular complexity index is 985. The second-order valence-electron chi connectivity index (χ2n) is 6.17. The molecule has 8 nitrogen and oxygen atoms in total. The monoisotopic (exact) mass is 384 g/mol. The van der Waals surface area contributed by atoms with Gasteiger partial charge in [0.2, 0.25) is 0 Å². The highest BCUT2D eigenvalue weighted by Gasteiger charge is 2.41. The van der Waals surface area contributed by atoms with Crippen LogP contribution < -0.4 is 0 Å². The van der Waals surface area contributed by atoms with E-state index in [1.54, 1.807) is 24.3 Å². The zero-order valence-corrected chi connectivity index (χ0v) is 14.6. The minimum absolute atomic E-state index is 0.124. The molecule has 2 aliphatic heterocycles. The molecule has 0 saturated heterocycles. The van der Waals surface area contributed by atoms with Crippen molar-refractivity contribution in [3.05, 3.63) is 70.8 Å². The Kier molecular flexibility index (Phi) is 3.70. The molecule has 4 amide bonds. The number of benzene rings is 2. The van der Waals surface area contributed by atoms with Gasteiger partial charge in [0.05, 0.1) is 22.3 Å². The zero-order valence-electron chi connectivity index (χ0n) is 13.8.